The van der Waals surface area contributed by atoms with Crippen molar-refractivity contribution in [3.63, 3.8) is 0 Å². The van der Waals surface area contributed by atoms with Crippen molar-refractivity contribution in [3.05, 3.63) is 59.7 Å². The number of ether oxygens (including phenoxy) is 1. The van der Waals surface area contributed by atoms with Gasteiger partial charge in [-0.2, -0.15) is 5.26 Å². The summed E-state index contributed by atoms with van der Waals surface area (Å²) in [5.74, 6) is 0.409. The van der Waals surface area contributed by atoms with E-state index in [9.17, 15) is 9.65 Å². The zero-order chi connectivity index (χ0) is 23.8. The number of nitriles is 1. The molecule has 0 aliphatic carbocycles. The Morgan fingerprint density at radius 3 is 2.68 bits per heavy atom. The second kappa shape index (κ2) is 8.76. The molecule has 0 amide bonds. The third kappa shape index (κ3) is 3.64. The fourth-order valence-corrected chi connectivity index (χ4v) is 4.76. The van der Waals surface area contributed by atoms with Crippen LogP contribution in [0.25, 0.3) is 33.0 Å². The van der Waals surface area contributed by atoms with Crippen LogP contribution in [-0.2, 0) is 0 Å². The summed E-state index contributed by atoms with van der Waals surface area (Å²) in [6.45, 7) is 3.71. The molecule has 0 bridgehead atoms. The molecule has 3 heterocycles. The minimum atomic E-state index is -0.379. The number of hydrogen-bond acceptors (Lipinski definition) is 6. The Hall–Kier alpha value is -3.96. The standard InChI is InChI=1S/C26H25FN6O/c1-15-4-3-5-23(27)24(15)18-11-19-20(10-16(18)12-28)25(29)31-13-21(19)22-14-33(32-26(22)34-2)17-6-8-30-9-7-17/h3-5,10-11,13-14,17,30H,6-9H2,1-2H3,(H2,29,31). The van der Waals surface area contributed by atoms with E-state index in [1.807, 2.05) is 29.9 Å². The number of nitrogens with zero attached hydrogens (tertiary/aromatic N) is 4. The Labute approximate surface area is 197 Å². The van der Waals surface area contributed by atoms with Crippen molar-refractivity contribution in [2.75, 3.05) is 25.9 Å². The minimum Gasteiger partial charge on any atom is -0.479 e. The number of methoxy groups -OCH3 is 1. The number of nitrogens with one attached hydrogen (secondary N) is 1. The number of nitrogen functional groups attached to an aromatic ring is 1. The van der Waals surface area contributed by atoms with Crippen LogP contribution >= 0.6 is 0 Å². The SMILES string of the molecule is COc1nn(C2CCNCC2)cc1-c1cnc(N)c2cc(C#N)c(-c3c(C)cccc3F)cc12. The maximum absolute atomic E-state index is 14.9. The molecule has 1 aliphatic heterocycles. The van der Waals surface area contributed by atoms with Crippen molar-refractivity contribution in [2.24, 2.45) is 0 Å². The predicted octanol–water partition coefficient (Wildman–Crippen LogP) is 4.60. The van der Waals surface area contributed by atoms with Gasteiger partial charge in [-0.3, -0.25) is 4.68 Å². The van der Waals surface area contributed by atoms with Crippen molar-refractivity contribution in [1.29, 1.82) is 5.26 Å². The van der Waals surface area contributed by atoms with Gasteiger partial charge in [-0.25, -0.2) is 9.37 Å². The molecule has 2 aromatic carbocycles. The third-order valence-corrected chi connectivity index (χ3v) is 6.53. The van der Waals surface area contributed by atoms with Gasteiger partial charge < -0.3 is 15.8 Å². The number of pyridine rings is 1. The molecule has 0 spiro atoms. The smallest absolute Gasteiger partial charge is 0.240 e. The van der Waals surface area contributed by atoms with E-state index >= 15 is 0 Å². The largest absolute Gasteiger partial charge is 0.479 e. The molecule has 7 nitrogen and oxygen atoms in total. The highest BCUT2D eigenvalue weighted by Gasteiger charge is 2.23. The monoisotopic (exact) mass is 456 g/mol. The molecule has 1 saturated heterocycles. The summed E-state index contributed by atoms with van der Waals surface area (Å²) >= 11 is 0. The zero-order valence-electron chi connectivity index (χ0n) is 19.1. The first kappa shape index (κ1) is 21.9. The highest BCUT2D eigenvalue weighted by atomic mass is 19.1. The summed E-state index contributed by atoms with van der Waals surface area (Å²) in [7, 11) is 1.59. The van der Waals surface area contributed by atoms with Crippen LogP contribution in [0, 0.1) is 24.1 Å². The van der Waals surface area contributed by atoms with Gasteiger partial charge in [0.1, 0.15) is 11.6 Å². The Kier molecular flexibility index (Phi) is 5.64. The van der Waals surface area contributed by atoms with Crippen molar-refractivity contribution < 1.29 is 9.13 Å². The number of hydrogen-bond donors (Lipinski definition) is 2. The summed E-state index contributed by atoms with van der Waals surface area (Å²) in [4.78, 5) is 4.39. The molecule has 3 N–H and O–H groups in total. The van der Waals surface area contributed by atoms with Gasteiger partial charge in [-0.15, -0.1) is 5.10 Å². The van der Waals surface area contributed by atoms with Gasteiger partial charge in [0, 0.05) is 34.5 Å². The molecule has 8 heteroatoms. The lowest BCUT2D eigenvalue weighted by Crippen LogP contribution is -2.29. The molecular weight excluding hydrogens is 431 g/mol. The molecule has 5 rings (SSSR count). The molecule has 0 radical (unpaired) electrons. The van der Waals surface area contributed by atoms with Gasteiger partial charge in [0.2, 0.25) is 5.88 Å². The summed E-state index contributed by atoms with van der Waals surface area (Å²) in [6.07, 6.45) is 5.63. The lowest BCUT2D eigenvalue weighted by molar-refractivity contribution is 0.327. The normalized spacial score (nSPS) is 14.3. The fourth-order valence-electron chi connectivity index (χ4n) is 4.76. The molecule has 172 valence electrons. The van der Waals surface area contributed by atoms with Gasteiger partial charge in [0.15, 0.2) is 0 Å². The van der Waals surface area contributed by atoms with Crippen LogP contribution in [0.15, 0.2) is 42.7 Å². The van der Waals surface area contributed by atoms with Crippen LogP contribution < -0.4 is 15.8 Å². The number of anilines is 1. The topological polar surface area (TPSA) is 102 Å². The van der Waals surface area contributed by atoms with E-state index in [1.165, 1.54) is 6.07 Å². The lowest BCUT2D eigenvalue weighted by atomic mass is 9.91. The summed E-state index contributed by atoms with van der Waals surface area (Å²) < 4.78 is 22.5. The number of aromatic nitrogens is 3. The van der Waals surface area contributed by atoms with E-state index in [0.717, 1.165) is 48.0 Å². The average molecular weight is 457 g/mol. The number of fused-ring (bicyclic) bond motifs is 1. The van der Waals surface area contributed by atoms with Crippen molar-refractivity contribution in [3.8, 4) is 34.2 Å². The first-order valence-electron chi connectivity index (χ1n) is 11.2. The maximum atomic E-state index is 14.9. The summed E-state index contributed by atoms with van der Waals surface area (Å²) in [5, 5.41) is 19.3. The molecule has 0 atom stereocenters. The average Bonchev–Trinajstić information content (AvgIpc) is 3.29. The Bertz CT molecular complexity index is 1410. The quantitative estimate of drug-likeness (QED) is 0.465. The second-order valence-corrected chi connectivity index (χ2v) is 8.56. The molecule has 34 heavy (non-hydrogen) atoms. The van der Waals surface area contributed by atoms with E-state index in [2.05, 4.69) is 16.4 Å². The minimum absolute atomic E-state index is 0.277. The Balaban J connectivity index is 1.76. The van der Waals surface area contributed by atoms with E-state index < -0.39 is 0 Å². The first-order chi connectivity index (χ1) is 16.5. The predicted molar refractivity (Wildman–Crippen MR) is 130 cm³/mol. The molecule has 0 saturated carbocycles. The van der Waals surface area contributed by atoms with Crippen molar-refractivity contribution in [2.45, 2.75) is 25.8 Å². The third-order valence-electron chi connectivity index (χ3n) is 6.53. The molecule has 0 unspecified atom stereocenters. The highest BCUT2D eigenvalue weighted by Crippen LogP contribution is 2.40. The number of aryl methyl sites for hydroxylation is 1. The van der Waals surface area contributed by atoms with Gasteiger partial charge in [0.05, 0.1) is 30.3 Å². The number of nitrogens with two attached hydrogens (primary N) is 1. The van der Waals surface area contributed by atoms with E-state index in [-0.39, 0.29) is 11.9 Å². The van der Waals surface area contributed by atoms with E-state index in [1.54, 1.807) is 25.4 Å². The number of halogens is 1. The first-order valence-corrected chi connectivity index (χ1v) is 11.2. The maximum Gasteiger partial charge on any atom is 0.240 e. The molecule has 4 aromatic rings. The second-order valence-electron chi connectivity index (χ2n) is 8.56. The van der Waals surface area contributed by atoms with E-state index in [0.29, 0.717) is 33.8 Å². The van der Waals surface area contributed by atoms with Gasteiger partial charge in [0.25, 0.3) is 0 Å². The number of benzene rings is 2. The van der Waals surface area contributed by atoms with Gasteiger partial charge >= 0.3 is 0 Å². The number of piperidine rings is 1. The molecule has 1 fully saturated rings. The van der Waals surface area contributed by atoms with E-state index in [4.69, 9.17) is 15.6 Å². The number of rotatable bonds is 4. The summed E-state index contributed by atoms with van der Waals surface area (Å²) in [6, 6.07) is 10.9. The van der Waals surface area contributed by atoms with Gasteiger partial charge in [-0.05, 0) is 62.0 Å². The van der Waals surface area contributed by atoms with Crippen LogP contribution in [0.5, 0.6) is 5.88 Å². The van der Waals surface area contributed by atoms with Crippen LogP contribution in [-0.4, -0.2) is 35.0 Å². The summed E-state index contributed by atoms with van der Waals surface area (Å²) in [5.41, 5.74) is 9.76. The Morgan fingerprint density at radius 1 is 1.18 bits per heavy atom. The fraction of sp³-hybridized carbons (Fsp3) is 0.269. The lowest BCUT2D eigenvalue weighted by Gasteiger charge is -2.22. The van der Waals surface area contributed by atoms with Crippen LogP contribution in [0.2, 0.25) is 0 Å². The van der Waals surface area contributed by atoms with Crippen molar-refractivity contribution in [1.82, 2.24) is 20.1 Å². The molecular formula is C26H25FN6O. The van der Waals surface area contributed by atoms with Crippen LogP contribution in [0.1, 0.15) is 30.0 Å². The zero-order valence-corrected chi connectivity index (χ0v) is 19.1. The molecule has 2 aromatic heterocycles. The van der Waals surface area contributed by atoms with Crippen LogP contribution in [0.3, 0.4) is 0 Å². The van der Waals surface area contributed by atoms with Crippen LogP contribution in [0.4, 0.5) is 10.2 Å². The van der Waals surface area contributed by atoms with Gasteiger partial charge in [-0.1, -0.05) is 12.1 Å². The molecule has 1 aliphatic rings. The highest BCUT2D eigenvalue weighted by molar-refractivity contribution is 6.05. The van der Waals surface area contributed by atoms with Crippen molar-refractivity contribution >= 4 is 16.6 Å². The Morgan fingerprint density at radius 2 is 1.97 bits per heavy atom.